The smallest absolute Gasteiger partial charge is 0.258 e. The van der Waals surface area contributed by atoms with Gasteiger partial charge in [0.1, 0.15) is 0 Å². The minimum atomic E-state index is -3.54. The van der Waals surface area contributed by atoms with E-state index in [0.717, 1.165) is 5.56 Å². The van der Waals surface area contributed by atoms with Crippen LogP contribution >= 0.6 is 10.7 Å². The third kappa shape index (κ3) is 3.98. The maximum absolute atomic E-state index is 10.8. The summed E-state index contributed by atoms with van der Waals surface area (Å²) in [5, 5.41) is 10.8. The monoisotopic (exact) mass is 277 g/mol. The Balaban J connectivity index is 3.03. The van der Waals surface area contributed by atoms with Crippen LogP contribution in [0.2, 0.25) is 0 Å². The highest BCUT2D eigenvalue weighted by Gasteiger charge is 2.16. The predicted octanol–water partition coefficient (Wildman–Crippen LogP) is 2.32. The Hall–Kier alpha value is -1.14. The molecule has 0 aliphatic rings. The number of nitrogens with zero attached hydrogens (tertiary/aromatic N) is 1. The maximum Gasteiger partial charge on any atom is 0.275 e. The second-order valence-corrected chi connectivity index (χ2v) is 6.72. The van der Waals surface area contributed by atoms with E-state index >= 15 is 0 Å². The van der Waals surface area contributed by atoms with Crippen LogP contribution in [-0.4, -0.2) is 19.1 Å². The van der Waals surface area contributed by atoms with Gasteiger partial charge in [-0.15, -0.1) is 0 Å². The van der Waals surface area contributed by atoms with E-state index in [-0.39, 0.29) is 17.9 Å². The van der Waals surface area contributed by atoms with Crippen molar-refractivity contribution in [3.8, 4) is 0 Å². The van der Waals surface area contributed by atoms with E-state index in [2.05, 4.69) is 0 Å². The number of benzene rings is 1. The van der Waals surface area contributed by atoms with Gasteiger partial charge in [-0.1, -0.05) is 0 Å². The molecule has 0 fully saturated rings. The summed E-state index contributed by atoms with van der Waals surface area (Å²) in [6.45, 7) is 3.26. The number of hydrogen-bond donors (Lipinski definition) is 0. The van der Waals surface area contributed by atoms with Crippen molar-refractivity contribution in [2.45, 2.75) is 20.3 Å². The summed E-state index contributed by atoms with van der Waals surface area (Å²) in [4.78, 5) is 10.3. The highest BCUT2D eigenvalue weighted by Crippen LogP contribution is 2.24. The van der Waals surface area contributed by atoms with Gasteiger partial charge in [0.2, 0.25) is 9.05 Å². The molecule has 0 bridgehead atoms. The average Bonchev–Trinajstić information content (AvgIpc) is 2.11. The maximum atomic E-state index is 10.8. The minimum Gasteiger partial charge on any atom is -0.258 e. The molecular formula is C10H12ClNO4S. The number of hydrogen-bond acceptors (Lipinski definition) is 4. The predicted molar refractivity (Wildman–Crippen MR) is 65.9 cm³/mol. The molecule has 0 saturated carbocycles. The summed E-state index contributed by atoms with van der Waals surface area (Å²) in [6, 6.07) is 3.24. The number of rotatable bonds is 4. The standard InChI is InChI=1S/C10H12ClNO4S/c1-7-5-9(3-4-17(11,15)16)6-8(2)10(7)12(13)14/h5-6H,3-4H2,1-2H3. The SMILES string of the molecule is Cc1cc(CCS(=O)(=O)Cl)cc(C)c1[N+](=O)[O-]. The fourth-order valence-corrected chi connectivity index (χ4v) is 2.43. The Morgan fingerprint density at radius 3 is 2.12 bits per heavy atom. The van der Waals surface area contributed by atoms with E-state index in [1.807, 2.05) is 0 Å². The number of aryl methyl sites for hydroxylation is 3. The lowest BCUT2D eigenvalue weighted by Gasteiger charge is -2.05. The largest absolute Gasteiger partial charge is 0.275 e. The topological polar surface area (TPSA) is 77.3 Å². The van der Waals surface area contributed by atoms with E-state index in [4.69, 9.17) is 10.7 Å². The van der Waals surface area contributed by atoms with Crippen LogP contribution in [0.25, 0.3) is 0 Å². The summed E-state index contributed by atoms with van der Waals surface area (Å²) in [5.41, 5.74) is 1.85. The van der Waals surface area contributed by atoms with Gasteiger partial charge in [-0.2, -0.15) is 0 Å². The third-order valence-corrected chi connectivity index (χ3v) is 3.52. The molecule has 0 aromatic heterocycles. The van der Waals surface area contributed by atoms with Gasteiger partial charge in [-0.25, -0.2) is 8.42 Å². The van der Waals surface area contributed by atoms with Crippen LogP contribution in [0.1, 0.15) is 16.7 Å². The van der Waals surface area contributed by atoms with E-state index in [0.29, 0.717) is 11.1 Å². The number of nitro groups is 1. The summed E-state index contributed by atoms with van der Waals surface area (Å²) < 4.78 is 21.6. The van der Waals surface area contributed by atoms with Gasteiger partial charge in [0, 0.05) is 21.8 Å². The van der Waals surface area contributed by atoms with Crippen molar-refractivity contribution in [2.75, 3.05) is 5.75 Å². The Morgan fingerprint density at radius 2 is 1.76 bits per heavy atom. The van der Waals surface area contributed by atoms with Crippen LogP contribution in [0, 0.1) is 24.0 Å². The zero-order chi connectivity index (χ0) is 13.2. The molecule has 17 heavy (non-hydrogen) atoms. The molecule has 0 heterocycles. The van der Waals surface area contributed by atoms with Crippen LogP contribution in [0.4, 0.5) is 5.69 Å². The molecule has 0 saturated heterocycles. The molecule has 1 aromatic rings. The van der Waals surface area contributed by atoms with Crippen molar-refractivity contribution in [1.29, 1.82) is 0 Å². The molecule has 0 radical (unpaired) electrons. The first kappa shape index (κ1) is 13.9. The molecule has 0 spiro atoms. The quantitative estimate of drug-likeness (QED) is 0.481. The van der Waals surface area contributed by atoms with Crippen LogP contribution in [-0.2, 0) is 15.5 Å². The molecule has 5 nitrogen and oxygen atoms in total. The second kappa shape index (κ2) is 5.01. The third-order valence-electron chi connectivity index (χ3n) is 2.37. The molecular weight excluding hydrogens is 266 g/mol. The molecule has 0 aliphatic carbocycles. The Morgan fingerprint density at radius 1 is 1.29 bits per heavy atom. The van der Waals surface area contributed by atoms with Gasteiger partial charge >= 0.3 is 0 Å². The van der Waals surface area contributed by atoms with Crippen LogP contribution in [0.15, 0.2) is 12.1 Å². The zero-order valence-corrected chi connectivity index (χ0v) is 11.0. The summed E-state index contributed by atoms with van der Waals surface area (Å²) in [5.74, 6) is -0.175. The Bertz CT molecular complexity index is 530. The molecule has 1 rings (SSSR count). The lowest BCUT2D eigenvalue weighted by molar-refractivity contribution is -0.386. The molecule has 94 valence electrons. The van der Waals surface area contributed by atoms with Crippen molar-refractivity contribution < 1.29 is 13.3 Å². The van der Waals surface area contributed by atoms with Gasteiger partial charge in [0.15, 0.2) is 0 Å². The van der Waals surface area contributed by atoms with E-state index < -0.39 is 14.0 Å². The molecule has 0 unspecified atom stereocenters. The van der Waals surface area contributed by atoms with Gasteiger partial charge in [-0.3, -0.25) is 10.1 Å². The Labute approximate surface area is 104 Å². The van der Waals surface area contributed by atoms with Gasteiger partial charge in [-0.05, 0) is 38.0 Å². The molecule has 0 aliphatic heterocycles. The van der Waals surface area contributed by atoms with Crippen molar-refractivity contribution in [1.82, 2.24) is 0 Å². The zero-order valence-electron chi connectivity index (χ0n) is 9.44. The normalized spacial score (nSPS) is 11.5. The highest BCUT2D eigenvalue weighted by molar-refractivity contribution is 8.13. The molecule has 7 heteroatoms. The fraction of sp³-hybridized carbons (Fsp3) is 0.400. The van der Waals surface area contributed by atoms with Crippen molar-refractivity contribution in [3.05, 3.63) is 38.9 Å². The molecule has 0 N–H and O–H groups in total. The summed E-state index contributed by atoms with van der Waals surface area (Å²) >= 11 is 0. The van der Waals surface area contributed by atoms with Crippen molar-refractivity contribution in [2.24, 2.45) is 0 Å². The molecule has 0 amide bonds. The van der Waals surface area contributed by atoms with Crippen LogP contribution in [0.3, 0.4) is 0 Å². The number of halogens is 1. The molecule has 1 aromatic carbocycles. The summed E-state index contributed by atoms with van der Waals surface area (Å²) in [7, 11) is 1.57. The van der Waals surface area contributed by atoms with Crippen molar-refractivity contribution >= 4 is 25.4 Å². The average molecular weight is 278 g/mol. The second-order valence-electron chi connectivity index (χ2n) is 3.83. The van der Waals surface area contributed by atoms with Crippen LogP contribution < -0.4 is 0 Å². The van der Waals surface area contributed by atoms with E-state index in [1.54, 1.807) is 26.0 Å². The lowest BCUT2D eigenvalue weighted by Crippen LogP contribution is -2.03. The number of nitro benzene ring substituents is 1. The summed E-state index contributed by atoms with van der Waals surface area (Å²) in [6.07, 6.45) is 0.255. The first-order valence-corrected chi connectivity index (χ1v) is 7.35. The Kier molecular flexibility index (Phi) is 4.11. The van der Waals surface area contributed by atoms with Crippen LogP contribution in [0.5, 0.6) is 0 Å². The minimum absolute atomic E-state index is 0.0717. The first-order chi connectivity index (χ1) is 7.70. The van der Waals surface area contributed by atoms with Gasteiger partial charge in [0.25, 0.3) is 5.69 Å². The molecule has 0 atom stereocenters. The lowest BCUT2D eigenvalue weighted by atomic mass is 10.0. The van der Waals surface area contributed by atoms with Crippen molar-refractivity contribution in [3.63, 3.8) is 0 Å². The van der Waals surface area contributed by atoms with Gasteiger partial charge in [0.05, 0.1) is 10.7 Å². The first-order valence-electron chi connectivity index (χ1n) is 4.87. The van der Waals surface area contributed by atoms with E-state index in [1.165, 1.54) is 0 Å². The highest BCUT2D eigenvalue weighted by atomic mass is 35.7. The fourth-order valence-electron chi connectivity index (χ4n) is 1.72. The van der Waals surface area contributed by atoms with E-state index in [9.17, 15) is 18.5 Å². The van der Waals surface area contributed by atoms with Gasteiger partial charge < -0.3 is 0 Å².